The van der Waals surface area contributed by atoms with Gasteiger partial charge in [0.05, 0.1) is 0 Å². The predicted molar refractivity (Wildman–Crippen MR) is 83.0 cm³/mol. The maximum atomic E-state index is 11.3. The van der Waals surface area contributed by atoms with E-state index in [2.05, 4.69) is 17.2 Å². The van der Waals surface area contributed by atoms with Gasteiger partial charge in [0.2, 0.25) is 0 Å². The van der Waals surface area contributed by atoms with Crippen LogP contribution in [-0.2, 0) is 0 Å². The molecule has 0 aromatic heterocycles. The van der Waals surface area contributed by atoms with Gasteiger partial charge in [-0.2, -0.15) is 0 Å². The summed E-state index contributed by atoms with van der Waals surface area (Å²) in [5.41, 5.74) is 2.64. The highest BCUT2D eigenvalue weighted by atomic mass is 16.5. The van der Waals surface area contributed by atoms with E-state index in [0.717, 1.165) is 18.2 Å². The summed E-state index contributed by atoms with van der Waals surface area (Å²) in [5, 5.41) is 0. The maximum absolute atomic E-state index is 11.3. The summed E-state index contributed by atoms with van der Waals surface area (Å²) < 4.78 is 5.73. The van der Waals surface area contributed by atoms with Gasteiger partial charge in [0.25, 0.3) is 5.91 Å². The van der Waals surface area contributed by atoms with Crippen molar-refractivity contribution in [2.45, 2.75) is 26.2 Å². The van der Waals surface area contributed by atoms with E-state index >= 15 is 0 Å². The molecule has 5 heteroatoms. The van der Waals surface area contributed by atoms with Crippen LogP contribution in [-0.4, -0.2) is 37.0 Å². The topological polar surface area (TPSA) is 67.6 Å². The van der Waals surface area contributed by atoms with E-state index in [1.54, 1.807) is 24.3 Å². The zero-order chi connectivity index (χ0) is 15.1. The molecule has 1 amide bonds. The van der Waals surface area contributed by atoms with Gasteiger partial charge in [-0.3, -0.25) is 15.1 Å². The van der Waals surface area contributed by atoms with Crippen molar-refractivity contribution in [3.05, 3.63) is 29.8 Å². The quantitative estimate of drug-likeness (QED) is 0.476. The second kappa shape index (κ2) is 8.00. The number of nitrogens with one attached hydrogen (secondary N) is 1. The standard InChI is InChI=1S/C16H25N3O2/c1-2-13-7-9-19(10-8-13)11-12-21-15-5-3-14(4-6-15)16(20)18-17/h3-6,13H,2,7-12,17H2,1H3,(H,18,20). The van der Waals surface area contributed by atoms with Crippen molar-refractivity contribution in [2.24, 2.45) is 11.8 Å². The smallest absolute Gasteiger partial charge is 0.265 e. The van der Waals surface area contributed by atoms with Crippen LogP contribution in [0.2, 0.25) is 0 Å². The fraction of sp³-hybridized carbons (Fsp3) is 0.562. The molecule has 1 saturated heterocycles. The first-order valence-electron chi connectivity index (χ1n) is 7.69. The molecule has 1 aromatic carbocycles. The lowest BCUT2D eigenvalue weighted by molar-refractivity contribution is 0.0953. The van der Waals surface area contributed by atoms with Crippen LogP contribution < -0.4 is 16.0 Å². The molecule has 0 spiro atoms. The molecule has 0 atom stereocenters. The van der Waals surface area contributed by atoms with Gasteiger partial charge in [-0.25, -0.2) is 5.84 Å². The number of rotatable bonds is 6. The number of piperidine rings is 1. The van der Waals surface area contributed by atoms with Crippen molar-refractivity contribution >= 4 is 5.91 Å². The fourth-order valence-electron chi connectivity index (χ4n) is 2.70. The summed E-state index contributed by atoms with van der Waals surface area (Å²) in [6.45, 7) is 6.27. The Morgan fingerprint density at radius 2 is 2.00 bits per heavy atom. The molecule has 21 heavy (non-hydrogen) atoms. The largest absolute Gasteiger partial charge is 0.492 e. The van der Waals surface area contributed by atoms with E-state index in [9.17, 15) is 4.79 Å². The van der Waals surface area contributed by atoms with Crippen LogP contribution in [0, 0.1) is 5.92 Å². The fourth-order valence-corrected chi connectivity index (χ4v) is 2.70. The Hall–Kier alpha value is -1.59. The average molecular weight is 291 g/mol. The molecule has 3 N–H and O–H groups in total. The van der Waals surface area contributed by atoms with Gasteiger partial charge in [0.1, 0.15) is 12.4 Å². The highest BCUT2D eigenvalue weighted by molar-refractivity contribution is 5.93. The van der Waals surface area contributed by atoms with E-state index in [0.29, 0.717) is 12.2 Å². The Morgan fingerprint density at radius 1 is 1.33 bits per heavy atom. The number of amides is 1. The minimum atomic E-state index is -0.291. The van der Waals surface area contributed by atoms with Crippen LogP contribution in [0.3, 0.4) is 0 Å². The Kier molecular flexibility index (Phi) is 6.02. The third-order valence-electron chi connectivity index (χ3n) is 4.21. The first-order chi connectivity index (χ1) is 10.2. The lowest BCUT2D eigenvalue weighted by atomic mass is 9.94. The van der Waals surface area contributed by atoms with Crippen molar-refractivity contribution in [2.75, 3.05) is 26.2 Å². The molecule has 0 radical (unpaired) electrons. The van der Waals surface area contributed by atoms with E-state index in [4.69, 9.17) is 10.6 Å². The van der Waals surface area contributed by atoms with Gasteiger partial charge in [-0.1, -0.05) is 13.3 Å². The lowest BCUT2D eigenvalue weighted by Crippen LogP contribution is -2.36. The zero-order valence-electron chi connectivity index (χ0n) is 12.7. The third kappa shape index (κ3) is 4.72. The Labute approximate surface area is 126 Å². The molecule has 0 saturated carbocycles. The number of carbonyl (C=O) groups is 1. The van der Waals surface area contributed by atoms with Crippen LogP contribution in [0.15, 0.2) is 24.3 Å². The molecule has 5 nitrogen and oxygen atoms in total. The zero-order valence-corrected chi connectivity index (χ0v) is 12.7. The number of hydrazine groups is 1. The van der Waals surface area contributed by atoms with Gasteiger partial charge in [0.15, 0.2) is 0 Å². The summed E-state index contributed by atoms with van der Waals surface area (Å²) >= 11 is 0. The minimum absolute atomic E-state index is 0.291. The van der Waals surface area contributed by atoms with E-state index in [1.165, 1.54) is 32.4 Å². The molecule has 0 unspecified atom stereocenters. The predicted octanol–water partition coefficient (Wildman–Crippen LogP) is 1.79. The Morgan fingerprint density at radius 3 is 2.57 bits per heavy atom. The first kappa shape index (κ1) is 15.8. The molecular weight excluding hydrogens is 266 g/mol. The molecule has 0 bridgehead atoms. The minimum Gasteiger partial charge on any atom is -0.492 e. The molecule has 1 fully saturated rings. The Balaban J connectivity index is 1.70. The number of benzene rings is 1. The molecule has 1 aliphatic heterocycles. The van der Waals surface area contributed by atoms with Crippen molar-refractivity contribution in [1.82, 2.24) is 10.3 Å². The maximum Gasteiger partial charge on any atom is 0.265 e. The number of nitrogen functional groups attached to an aromatic ring is 1. The molecule has 116 valence electrons. The summed E-state index contributed by atoms with van der Waals surface area (Å²) in [7, 11) is 0. The normalized spacial score (nSPS) is 16.7. The second-order valence-corrected chi connectivity index (χ2v) is 5.54. The average Bonchev–Trinajstić information content (AvgIpc) is 2.55. The van der Waals surface area contributed by atoms with Crippen LogP contribution in [0.1, 0.15) is 36.5 Å². The molecule has 1 heterocycles. The summed E-state index contributed by atoms with van der Waals surface area (Å²) in [5.74, 6) is 6.49. The monoisotopic (exact) mass is 291 g/mol. The van der Waals surface area contributed by atoms with E-state index in [-0.39, 0.29) is 5.91 Å². The molecule has 2 rings (SSSR count). The molecule has 1 aliphatic rings. The van der Waals surface area contributed by atoms with Crippen LogP contribution in [0.5, 0.6) is 5.75 Å². The van der Waals surface area contributed by atoms with Crippen molar-refractivity contribution in [3.8, 4) is 5.75 Å². The van der Waals surface area contributed by atoms with Crippen LogP contribution in [0.4, 0.5) is 0 Å². The van der Waals surface area contributed by atoms with Crippen molar-refractivity contribution < 1.29 is 9.53 Å². The van der Waals surface area contributed by atoms with E-state index < -0.39 is 0 Å². The first-order valence-corrected chi connectivity index (χ1v) is 7.69. The van der Waals surface area contributed by atoms with Gasteiger partial charge >= 0.3 is 0 Å². The van der Waals surface area contributed by atoms with Crippen molar-refractivity contribution in [1.29, 1.82) is 0 Å². The number of ether oxygens (including phenoxy) is 1. The second-order valence-electron chi connectivity index (χ2n) is 5.54. The van der Waals surface area contributed by atoms with E-state index in [1.807, 2.05) is 0 Å². The number of likely N-dealkylation sites (tertiary alicyclic amines) is 1. The molecule has 1 aromatic rings. The van der Waals surface area contributed by atoms with Gasteiger partial charge in [-0.05, 0) is 56.1 Å². The molecule has 0 aliphatic carbocycles. The molecular formula is C16H25N3O2. The van der Waals surface area contributed by atoms with Gasteiger partial charge < -0.3 is 4.74 Å². The number of carbonyl (C=O) groups excluding carboxylic acids is 1. The highest BCUT2D eigenvalue weighted by Gasteiger charge is 2.17. The SMILES string of the molecule is CCC1CCN(CCOc2ccc(C(=O)NN)cc2)CC1. The van der Waals surface area contributed by atoms with Crippen LogP contribution in [0.25, 0.3) is 0 Å². The summed E-state index contributed by atoms with van der Waals surface area (Å²) in [6, 6.07) is 7.02. The lowest BCUT2D eigenvalue weighted by Gasteiger charge is -2.31. The van der Waals surface area contributed by atoms with Crippen molar-refractivity contribution in [3.63, 3.8) is 0 Å². The highest BCUT2D eigenvalue weighted by Crippen LogP contribution is 2.19. The number of hydrogen-bond donors (Lipinski definition) is 2. The van der Waals surface area contributed by atoms with Gasteiger partial charge in [-0.15, -0.1) is 0 Å². The van der Waals surface area contributed by atoms with Gasteiger partial charge in [0, 0.05) is 12.1 Å². The Bertz CT molecular complexity index is 439. The summed E-state index contributed by atoms with van der Waals surface area (Å²) in [6.07, 6.45) is 3.91. The number of nitrogens with two attached hydrogens (primary N) is 1. The van der Waals surface area contributed by atoms with Crippen LogP contribution >= 0.6 is 0 Å². The summed E-state index contributed by atoms with van der Waals surface area (Å²) in [4.78, 5) is 13.8. The number of nitrogens with zero attached hydrogens (tertiary/aromatic N) is 1. The number of hydrogen-bond acceptors (Lipinski definition) is 4. The third-order valence-corrected chi connectivity index (χ3v) is 4.21.